The topological polar surface area (TPSA) is 20.2 Å². The minimum absolute atomic E-state index is 0.223. The predicted octanol–water partition coefficient (Wildman–Crippen LogP) is 2.10. The van der Waals surface area contributed by atoms with Crippen molar-refractivity contribution >= 4 is 0 Å². The molecule has 1 heteroatoms. The highest BCUT2D eigenvalue weighted by Gasteiger charge is 2.10. The average molecular weight is 176 g/mol. The van der Waals surface area contributed by atoms with Crippen molar-refractivity contribution in [1.29, 1.82) is 0 Å². The molecule has 13 heavy (non-hydrogen) atoms. The van der Waals surface area contributed by atoms with Crippen molar-refractivity contribution in [1.82, 2.24) is 0 Å². The van der Waals surface area contributed by atoms with E-state index >= 15 is 0 Å². The fourth-order valence-electron chi connectivity index (χ4n) is 2.09. The third-order valence-electron chi connectivity index (χ3n) is 2.69. The smallest absolute Gasteiger partial charge is 0.0552 e. The molecule has 1 aliphatic rings. The van der Waals surface area contributed by atoms with Gasteiger partial charge >= 0.3 is 0 Å². The Bertz CT molecular complexity index is 302. The lowest BCUT2D eigenvalue weighted by Crippen LogP contribution is -2.04. The highest BCUT2D eigenvalue weighted by atomic mass is 16.3. The van der Waals surface area contributed by atoms with Crippen LogP contribution in [0.15, 0.2) is 18.2 Å². The molecule has 1 atom stereocenters. The molecule has 0 aliphatic heterocycles. The van der Waals surface area contributed by atoms with Gasteiger partial charge in [0.1, 0.15) is 0 Å². The molecule has 0 unspecified atom stereocenters. The SMILES string of the molecule is C[C@@H](O)Cc1ccc2c(c1)CCC2. The third-order valence-corrected chi connectivity index (χ3v) is 2.69. The van der Waals surface area contributed by atoms with Crippen LogP contribution in [0.4, 0.5) is 0 Å². The summed E-state index contributed by atoms with van der Waals surface area (Å²) in [6, 6.07) is 6.63. The lowest BCUT2D eigenvalue weighted by molar-refractivity contribution is 0.195. The Morgan fingerprint density at radius 2 is 2.08 bits per heavy atom. The quantitative estimate of drug-likeness (QED) is 0.731. The minimum atomic E-state index is -0.223. The molecule has 0 bridgehead atoms. The van der Waals surface area contributed by atoms with E-state index in [2.05, 4.69) is 18.2 Å². The van der Waals surface area contributed by atoms with Crippen LogP contribution in [0, 0.1) is 0 Å². The summed E-state index contributed by atoms with van der Waals surface area (Å²) in [6.45, 7) is 1.84. The van der Waals surface area contributed by atoms with Crippen molar-refractivity contribution in [2.75, 3.05) is 0 Å². The molecule has 0 heterocycles. The van der Waals surface area contributed by atoms with E-state index in [0.29, 0.717) is 0 Å². The molecule has 1 aromatic carbocycles. The van der Waals surface area contributed by atoms with E-state index in [4.69, 9.17) is 0 Å². The molecule has 0 saturated carbocycles. The summed E-state index contributed by atoms with van der Waals surface area (Å²) >= 11 is 0. The number of rotatable bonds is 2. The molecule has 1 nitrogen and oxygen atoms in total. The fourth-order valence-corrected chi connectivity index (χ4v) is 2.09. The Morgan fingerprint density at radius 1 is 1.31 bits per heavy atom. The van der Waals surface area contributed by atoms with Crippen molar-refractivity contribution in [2.45, 2.75) is 38.7 Å². The van der Waals surface area contributed by atoms with E-state index in [0.717, 1.165) is 6.42 Å². The van der Waals surface area contributed by atoms with Crippen molar-refractivity contribution in [2.24, 2.45) is 0 Å². The highest BCUT2D eigenvalue weighted by Crippen LogP contribution is 2.23. The molecular weight excluding hydrogens is 160 g/mol. The van der Waals surface area contributed by atoms with Crippen LogP contribution in [0.1, 0.15) is 30.0 Å². The Balaban J connectivity index is 2.21. The fraction of sp³-hybridized carbons (Fsp3) is 0.500. The van der Waals surface area contributed by atoms with Crippen molar-refractivity contribution in [3.8, 4) is 0 Å². The molecule has 0 spiro atoms. The van der Waals surface area contributed by atoms with Gasteiger partial charge in [-0.15, -0.1) is 0 Å². The van der Waals surface area contributed by atoms with E-state index in [1.165, 1.54) is 36.0 Å². The van der Waals surface area contributed by atoms with Gasteiger partial charge in [-0.1, -0.05) is 18.2 Å². The van der Waals surface area contributed by atoms with Gasteiger partial charge in [0.2, 0.25) is 0 Å². The summed E-state index contributed by atoms with van der Waals surface area (Å²) in [6.07, 6.45) is 4.33. The third kappa shape index (κ3) is 1.92. The molecule has 0 amide bonds. The molecule has 70 valence electrons. The Hall–Kier alpha value is -0.820. The highest BCUT2D eigenvalue weighted by molar-refractivity contribution is 5.35. The number of benzene rings is 1. The standard InChI is InChI=1S/C12H16O/c1-9(13)7-10-5-6-11-3-2-4-12(11)8-10/h5-6,8-9,13H,2-4,7H2,1H3/t9-/m1/s1. The number of aliphatic hydroxyl groups excluding tert-OH is 1. The van der Waals surface area contributed by atoms with Crippen molar-refractivity contribution in [3.05, 3.63) is 34.9 Å². The molecule has 0 saturated heterocycles. The predicted molar refractivity (Wildman–Crippen MR) is 53.9 cm³/mol. The van der Waals surface area contributed by atoms with Crippen LogP contribution in [0.2, 0.25) is 0 Å². The maximum absolute atomic E-state index is 9.25. The maximum Gasteiger partial charge on any atom is 0.0552 e. The zero-order valence-electron chi connectivity index (χ0n) is 8.09. The van der Waals surface area contributed by atoms with Gasteiger partial charge in [0, 0.05) is 0 Å². The molecule has 1 aromatic rings. The first-order chi connectivity index (χ1) is 6.25. The Morgan fingerprint density at radius 3 is 2.85 bits per heavy atom. The summed E-state index contributed by atoms with van der Waals surface area (Å²) in [4.78, 5) is 0. The molecule has 2 rings (SSSR count). The molecule has 0 radical (unpaired) electrons. The van der Waals surface area contributed by atoms with Gasteiger partial charge < -0.3 is 5.11 Å². The Labute approximate surface area is 79.4 Å². The zero-order chi connectivity index (χ0) is 9.26. The first kappa shape index (κ1) is 8.76. The number of fused-ring (bicyclic) bond motifs is 1. The second kappa shape index (κ2) is 3.51. The van der Waals surface area contributed by atoms with Gasteiger partial charge in [-0.2, -0.15) is 0 Å². The summed E-state index contributed by atoms with van der Waals surface area (Å²) < 4.78 is 0. The molecule has 1 aliphatic carbocycles. The number of hydrogen-bond acceptors (Lipinski definition) is 1. The van der Waals surface area contributed by atoms with E-state index in [1.54, 1.807) is 0 Å². The lowest BCUT2D eigenvalue weighted by atomic mass is 10.0. The van der Waals surface area contributed by atoms with Crippen molar-refractivity contribution in [3.63, 3.8) is 0 Å². The van der Waals surface area contributed by atoms with E-state index in [1.807, 2.05) is 6.92 Å². The van der Waals surface area contributed by atoms with Crippen LogP contribution in [0.5, 0.6) is 0 Å². The van der Waals surface area contributed by atoms with Gasteiger partial charge in [0.15, 0.2) is 0 Å². The van der Waals surface area contributed by atoms with Gasteiger partial charge in [-0.3, -0.25) is 0 Å². The van der Waals surface area contributed by atoms with E-state index in [9.17, 15) is 5.11 Å². The van der Waals surface area contributed by atoms with E-state index in [-0.39, 0.29) is 6.10 Å². The summed E-state index contributed by atoms with van der Waals surface area (Å²) in [5, 5.41) is 9.25. The van der Waals surface area contributed by atoms with Crippen LogP contribution in [0.3, 0.4) is 0 Å². The molecular formula is C12H16O. The van der Waals surface area contributed by atoms with Gasteiger partial charge in [0.25, 0.3) is 0 Å². The van der Waals surface area contributed by atoms with Crippen LogP contribution < -0.4 is 0 Å². The first-order valence-electron chi connectivity index (χ1n) is 5.04. The first-order valence-corrected chi connectivity index (χ1v) is 5.04. The Kier molecular flexibility index (Phi) is 2.36. The zero-order valence-corrected chi connectivity index (χ0v) is 8.09. The van der Waals surface area contributed by atoms with Crippen LogP contribution in [-0.4, -0.2) is 11.2 Å². The summed E-state index contributed by atoms with van der Waals surface area (Å²) in [5.41, 5.74) is 4.28. The summed E-state index contributed by atoms with van der Waals surface area (Å²) in [5.74, 6) is 0. The molecule has 1 N–H and O–H groups in total. The normalized spacial score (nSPS) is 17.1. The van der Waals surface area contributed by atoms with Crippen LogP contribution in [0.25, 0.3) is 0 Å². The van der Waals surface area contributed by atoms with Crippen molar-refractivity contribution < 1.29 is 5.11 Å². The second-order valence-corrected chi connectivity index (χ2v) is 4.01. The minimum Gasteiger partial charge on any atom is -0.393 e. The average Bonchev–Trinajstić information content (AvgIpc) is 2.49. The van der Waals surface area contributed by atoms with Gasteiger partial charge in [-0.25, -0.2) is 0 Å². The molecule has 0 aromatic heterocycles. The maximum atomic E-state index is 9.25. The largest absolute Gasteiger partial charge is 0.393 e. The van der Waals surface area contributed by atoms with Crippen LogP contribution >= 0.6 is 0 Å². The monoisotopic (exact) mass is 176 g/mol. The van der Waals surface area contributed by atoms with Crippen LogP contribution in [-0.2, 0) is 19.3 Å². The summed E-state index contributed by atoms with van der Waals surface area (Å²) in [7, 11) is 0. The molecule has 0 fully saturated rings. The second-order valence-electron chi connectivity index (χ2n) is 4.01. The van der Waals surface area contributed by atoms with Gasteiger partial charge in [0.05, 0.1) is 6.10 Å². The number of hydrogen-bond donors (Lipinski definition) is 1. The van der Waals surface area contributed by atoms with E-state index < -0.39 is 0 Å². The number of aliphatic hydroxyl groups is 1. The lowest BCUT2D eigenvalue weighted by Gasteiger charge is -2.06. The number of aryl methyl sites for hydroxylation is 2. The van der Waals surface area contributed by atoms with Gasteiger partial charge in [-0.05, 0) is 49.3 Å².